The second-order valence-corrected chi connectivity index (χ2v) is 5.03. The minimum Gasteiger partial charge on any atom is -0.492 e. The third kappa shape index (κ3) is 4.65. The Hall–Kier alpha value is -1.09. The molecule has 1 unspecified atom stereocenters. The number of aryl methyl sites for hydroxylation is 1. The molecule has 0 bridgehead atoms. The molecule has 2 nitrogen and oxygen atoms in total. The summed E-state index contributed by atoms with van der Waals surface area (Å²) in [7, 11) is 0. The minimum absolute atomic E-state index is 0.213. The normalized spacial score (nSPS) is 12.8. The van der Waals surface area contributed by atoms with Gasteiger partial charge in [-0.15, -0.1) is 0 Å². The fourth-order valence-corrected chi connectivity index (χ4v) is 1.67. The molecule has 1 aromatic rings. The number of rotatable bonds is 7. The summed E-state index contributed by atoms with van der Waals surface area (Å²) < 4.78 is 19.0. The molecule has 1 rings (SSSR count). The van der Waals surface area contributed by atoms with E-state index in [-0.39, 0.29) is 5.82 Å². The van der Waals surface area contributed by atoms with Gasteiger partial charge in [0.2, 0.25) is 0 Å². The van der Waals surface area contributed by atoms with Crippen LogP contribution in [-0.2, 0) is 0 Å². The van der Waals surface area contributed by atoms with Gasteiger partial charge in [-0.25, -0.2) is 4.39 Å². The molecule has 0 aliphatic carbocycles. The predicted molar refractivity (Wildman–Crippen MR) is 73.6 cm³/mol. The van der Waals surface area contributed by atoms with Crippen LogP contribution in [-0.4, -0.2) is 19.2 Å². The Kier molecular flexibility index (Phi) is 6.13. The van der Waals surface area contributed by atoms with Gasteiger partial charge >= 0.3 is 0 Å². The maximum absolute atomic E-state index is 13.4. The van der Waals surface area contributed by atoms with Crippen molar-refractivity contribution >= 4 is 0 Å². The van der Waals surface area contributed by atoms with Crippen LogP contribution in [0.15, 0.2) is 18.2 Å². The average molecular weight is 253 g/mol. The van der Waals surface area contributed by atoms with Crippen molar-refractivity contribution in [3.8, 4) is 5.75 Å². The Morgan fingerprint density at radius 1 is 1.33 bits per heavy atom. The number of benzene rings is 1. The highest BCUT2D eigenvalue weighted by Crippen LogP contribution is 2.16. The molecule has 18 heavy (non-hydrogen) atoms. The van der Waals surface area contributed by atoms with Crippen molar-refractivity contribution in [2.75, 3.05) is 13.2 Å². The topological polar surface area (TPSA) is 21.3 Å². The second kappa shape index (κ2) is 7.37. The summed E-state index contributed by atoms with van der Waals surface area (Å²) in [6, 6.07) is 5.31. The van der Waals surface area contributed by atoms with Crippen molar-refractivity contribution in [2.45, 2.75) is 40.2 Å². The SMILES string of the molecule is CCCNC(COc1ccc(C)c(F)c1)C(C)C. The van der Waals surface area contributed by atoms with E-state index < -0.39 is 0 Å². The standard InChI is InChI=1S/C15H24FNO/c1-5-8-17-15(11(2)3)10-18-13-7-6-12(4)14(16)9-13/h6-7,9,11,15,17H,5,8,10H2,1-4H3. The zero-order chi connectivity index (χ0) is 13.5. The molecule has 0 spiro atoms. The van der Waals surface area contributed by atoms with E-state index in [1.54, 1.807) is 13.0 Å². The van der Waals surface area contributed by atoms with Crippen LogP contribution in [0.4, 0.5) is 4.39 Å². The molecule has 1 atom stereocenters. The number of nitrogens with one attached hydrogen (secondary N) is 1. The Morgan fingerprint density at radius 3 is 2.61 bits per heavy atom. The van der Waals surface area contributed by atoms with Crippen molar-refractivity contribution < 1.29 is 9.13 Å². The third-order valence-electron chi connectivity index (χ3n) is 3.03. The molecule has 0 aromatic heterocycles. The first-order valence-electron chi connectivity index (χ1n) is 6.67. The number of halogens is 1. The summed E-state index contributed by atoms with van der Waals surface area (Å²) in [6.07, 6.45) is 1.10. The number of ether oxygens (including phenoxy) is 1. The van der Waals surface area contributed by atoms with Crippen molar-refractivity contribution in [3.63, 3.8) is 0 Å². The largest absolute Gasteiger partial charge is 0.492 e. The first-order valence-corrected chi connectivity index (χ1v) is 6.67. The molecule has 1 aromatic carbocycles. The zero-order valence-corrected chi connectivity index (χ0v) is 11.8. The maximum Gasteiger partial charge on any atom is 0.129 e. The molecule has 3 heteroatoms. The van der Waals surface area contributed by atoms with E-state index in [1.165, 1.54) is 6.07 Å². The molecule has 0 saturated heterocycles. The molecular formula is C15H24FNO. The zero-order valence-electron chi connectivity index (χ0n) is 11.8. The Balaban J connectivity index is 2.52. The second-order valence-electron chi connectivity index (χ2n) is 5.03. The van der Waals surface area contributed by atoms with Crippen molar-refractivity contribution in [1.29, 1.82) is 0 Å². The smallest absolute Gasteiger partial charge is 0.129 e. The summed E-state index contributed by atoms with van der Waals surface area (Å²) in [5, 5.41) is 3.45. The van der Waals surface area contributed by atoms with Gasteiger partial charge < -0.3 is 10.1 Å². The maximum atomic E-state index is 13.4. The van der Waals surface area contributed by atoms with Crippen LogP contribution in [0.25, 0.3) is 0 Å². The molecule has 1 N–H and O–H groups in total. The van der Waals surface area contributed by atoms with E-state index in [4.69, 9.17) is 4.74 Å². The lowest BCUT2D eigenvalue weighted by Gasteiger charge is -2.22. The summed E-state index contributed by atoms with van der Waals surface area (Å²) >= 11 is 0. The average Bonchev–Trinajstić information content (AvgIpc) is 2.33. The molecule has 0 amide bonds. The molecule has 0 heterocycles. The van der Waals surface area contributed by atoms with Crippen LogP contribution >= 0.6 is 0 Å². The number of hydrogen-bond donors (Lipinski definition) is 1. The lowest BCUT2D eigenvalue weighted by atomic mass is 10.1. The van der Waals surface area contributed by atoms with Gasteiger partial charge in [0, 0.05) is 12.1 Å². The first kappa shape index (κ1) is 15.0. The lowest BCUT2D eigenvalue weighted by molar-refractivity contribution is 0.230. The van der Waals surface area contributed by atoms with Crippen LogP contribution in [0.2, 0.25) is 0 Å². The summed E-state index contributed by atoms with van der Waals surface area (Å²) in [6.45, 7) is 9.76. The van der Waals surface area contributed by atoms with Crippen molar-refractivity contribution in [3.05, 3.63) is 29.6 Å². The van der Waals surface area contributed by atoms with E-state index in [1.807, 2.05) is 6.07 Å². The quantitative estimate of drug-likeness (QED) is 0.802. The van der Waals surface area contributed by atoms with Gasteiger partial charge in [0.05, 0.1) is 0 Å². The van der Waals surface area contributed by atoms with Crippen LogP contribution < -0.4 is 10.1 Å². The fraction of sp³-hybridized carbons (Fsp3) is 0.600. The van der Waals surface area contributed by atoms with E-state index in [2.05, 4.69) is 26.1 Å². The highest BCUT2D eigenvalue weighted by Gasteiger charge is 2.13. The Morgan fingerprint density at radius 2 is 2.06 bits per heavy atom. The monoisotopic (exact) mass is 253 g/mol. The highest BCUT2D eigenvalue weighted by molar-refractivity contribution is 5.28. The predicted octanol–water partition coefficient (Wildman–Crippen LogP) is 3.54. The summed E-state index contributed by atoms with van der Waals surface area (Å²) in [5.41, 5.74) is 0.645. The van der Waals surface area contributed by atoms with Gasteiger partial charge in [0.15, 0.2) is 0 Å². The van der Waals surface area contributed by atoms with E-state index in [0.29, 0.717) is 29.9 Å². The molecule has 0 saturated carbocycles. The highest BCUT2D eigenvalue weighted by atomic mass is 19.1. The van der Waals surface area contributed by atoms with Crippen LogP contribution in [0, 0.1) is 18.7 Å². The van der Waals surface area contributed by atoms with Gasteiger partial charge in [-0.3, -0.25) is 0 Å². The molecule has 0 aliphatic heterocycles. The summed E-state index contributed by atoms with van der Waals surface area (Å²) in [4.78, 5) is 0. The molecule has 0 radical (unpaired) electrons. The summed E-state index contributed by atoms with van der Waals surface area (Å²) in [5.74, 6) is 0.879. The minimum atomic E-state index is -0.213. The Bertz CT molecular complexity index is 366. The van der Waals surface area contributed by atoms with Gasteiger partial charge in [0.25, 0.3) is 0 Å². The van der Waals surface area contributed by atoms with E-state index in [9.17, 15) is 4.39 Å². The van der Waals surface area contributed by atoms with Crippen LogP contribution in [0.1, 0.15) is 32.8 Å². The molecule has 102 valence electrons. The van der Waals surface area contributed by atoms with Gasteiger partial charge in [-0.2, -0.15) is 0 Å². The first-order chi connectivity index (χ1) is 8.54. The molecular weight excluding hydrogens is 229 g/mol. The Labute approximate surface area is 110 Å². The molecule has 0 aliphatic rings. The lowest BCUT2D eigenvalue weighted by Crippen LogP contribution is -2.39. The van der Waals surface area contributed by atoms with Gasteiger partial charge in [-0.1, -0.05) is 26.8 Å². The van der Waals surface area contributed by atoms with E-state index >= 15 is 0 Å². The van der Waals surface area contributed by atoms with Crippen LogP contribution in [0.3, 0.4) is 0 Å². The third-order valence-corrected chi connectivity index (χ3v) is 3.03. The fourth-order valence-electron chi connectivity index (χ4n) is 1.67. The van der Waals surface area contributed by atoms with E-state index in [0.717, 1.165) is 13.0 Å². The number of hydrogen-bond acceptors (Lipinski definition) is 2. The molecule has 0 fully saturated rings. The van der Waals surface area contributed by atoms with Crippen molar-refractivity contribution in [2.24, 2.45) is 5.92 Å². The van der Waals surface area contributed by atoms with Crippen molar-refractivity contribution in [1.82, 2.24) is 5.32 Å². The van der Waals surface area contributed by atoms with Gasteiger partial charge in [0.1, 0.15) is 18.2 Å². The van der Waals surface area contributed by atoms with Crippen LogP contribution in [0.5, 0.6) is 5.75 Å². The van der Waals surface area contributed by atoms with Gasteiger partial charge in [-0.05, 0) is 37.4 Å².